The summed E-state index contributed by atoms with van der Waals surface area (Å²) >= 11 is 4.88. The molecule has 27 heavy (non-hydrogen) atoms. The molecule has 0 aliphatic heterocycles. The minimum atomic E-state index is -0.371. The summed E-state index contributed by atoms with van der Waals surface area (Å²) in [6.45, 7) is 2.47. The number of methoxy groups -OCH3 is 1. The zero-order valence-electron chi connectivity index (χ0n) is 14.9. The Labute approximate surface area is 160 Å². The van der Waals surface area contributed by atoms with Crippen LogP contribution in [0.5, 0.6) is 11.5 Å². The van der Waals surface area contributed by atoms with Crippen molar-refractivity contribution in [1.82, 2.24) is 15.2 Å². The maximum atomic E-state index is 12.2. The largest absolute Gasteiger partial charge is 0.493 e. The molecule has 0 fully saturated rings. The lowest BCUT2D eigenvalue weighted by Gasteiger charge is -2.09. The summed E-state index contributed by atoms with van der Waals surface area (Å²) in [6, 6.07) is 12.8. The lowest BCUT2D eigenvalue weighted by atomic mass is 10.1. The highest BCUT2D eigenvalue weighted by atomic mass is 32.1. The van der Waals surface area contributed by atoms with Gasteiger partial charge in [0.15, 0.2) is 22.0 Å². The molecule has 2 N–H and O–H groups in total. The Morgan fingerprint density at radius 3 is 2.78 bits per heavy atom. The summed E-state index contributed by atoms with van der Waals surface area (Å²) in [4.78, 5) is 19.2. The first-order valence-electron chi connectivity index (χ1n) is 8.25. The van der Waals surface area contributed by atoms with E-state index in [9.17, 15) is 4.79 Å². The summed E-state index contributed by atoms with van der Waals surface area (Å²) in [7, 11) is 1.59. The van der Waals surface area contributed by atoms with E-state index in [4.69, 9.17) is 21.7 Å². The van der Waals surface area contributed by atoms with E-state index in [1.807, 2.05) is 37.3 Å². The Kier molecular flexibility index (Phi) is 5.77. The number of hydrogen-bond donors (Lipinski definition) is 2. The number of benzene rings is 2. The molecule has 3 aromatic rings. The van der Waals surface area contributed by atoms with Crippen molar-refractivity contribution in [3.63, 3.8) is 0 Å². The van der Waals surface area contributed by atoms with Crippen LogP contribution in [-0.4, -0.2) is 35.1 Å². The predicted molar refractivity (Wildman–Crippen MR) is 107 cm³/mol. The molecule has 0 spiro atoms. The number of H-pyrrole nitrogens is 2. The Bertz CT molecular complexity index is 1090. The highest BCUT2D eigenvalue weighted by Gasteiger charge is 2.10. The van der Waals surface area contributed by atoms with Crippen molar-refractivity contribution in [3.05, 3.63) is 63.2 Å². The number of nitrogens with zero attached hydrogens (tertiary/aromatic N) is 2. The Hall–Kier alpha value is -3.26. The van der Waals surface area contributed by atoms with Crippen molar-refractivity contribution in [2.24, 2.45) is 4.99 Å². The first-order valence-corrected chi connectivity index (χ1v) is 8.66. The number of para-hydroxylation sites is 1. The summed E-state index contributed by atoms with van der Waals surface area (Å²) in [5.74, 6) is 1.30. The van der Waals surface area contributed by atoms with Crippen LogP contribution >= 0.6 is 12.2 Å². The van der Waals surface area contributed by atoms with Crippen molar-refractivity contribution in [2.45, 2.75) is 6.92 Å². The van der Waals surface area contributed by atoms with Gasteiger partial charge in [-0.05, 0) is 49.0 Å². The molecule has 7 nitrogen and oxygen atoms in total. The van der Waals surface area contributed by atoms with Crippen LogP contribution in [-0.2, 0) is 0 Å². The minimum Gasteiger partial charge on any atom is -0.493 e. The SMILES string of the molecule is CCOc1ccc(C=Nc2ccccc2-c2n[nH]c(=S)[nH]c2=O)cc1OC. The monoisotopic (exact) mass is 382 g/mol. The fourth-order valence-electron chi connectivity index (χ4n) is 2.50. The first kappa shape index (κ1) is 18.5. The van der Waals surface area contributed by atoms with Crippen molar-refractivity contribution < 1.29 is 9.47 Å². The summed E-state index contributed by atoms with van der Waals surface area (Å²) < 4.78 is 11.0. The molecule has 0 unspecified atom stereocenters. The minimum absolute atomic E-state index is 0.172. The number of hydrogen-bond acceptors (Lipinski definition) is 6. The second kappa shape index (κ2) is 8.41. The molecule has 0 aliphatic carbocycles. The van der Waals surface area contributed by atoms with Gasteiger partial charge in [-0.3, -0.25) is 19.9 Å². The van der Waals surface area contributed by atoms with Crippen molar-refractivity contribution in [3.8, 4) is 22.8 Å². The number of aromatic nitrogens is 3. The summed E-state index contributed by atoms with van der Waals surface area (Å²) in [6.07, 6.45) is 1.69. The van der Waals surface area contributed by atoms with Gasteiger partial charge in [0.25, 0.3) is 5.56 Å². The standard InChI is InChI=1S/C19H18N4O3S/c1-3-26-15-9-8-12(10-16(15)25-2)11-20-14-7-5-4-6-13(14)17-18(24)21-19(27)23-22-17/h4-11H,3H2,1-2H3,(H2,21,23,24,27). The zero-order valence-corrected chi connectivity index (χ0v) is 15.7. The molecule has 138 valence electrons. The number of aromatic amines is 2. The second-order valence-corrected chi connectivity index (χ2v) is 5.88. The van der Waals surface area contributed by atoms with E-state index < -0.39 is 0 Å². The average Bonchev–Trinajstić information content (AvgIpc) is 2.68. The van der Waals surface area contributed by atoms with Crippen LogP contribution in [0.4, 0.5) is 5.69 Å². The molecule has 3 rings (SSSR count). The van der Waals surface area contributed by atoms with Gasteiger partial charge in [0, 0.05) is 11.8 Å². The van der Waals surface area contributed by atoms with Gasteiger partial charge < -0.3 is 9.47 Å². The quantitative estimate of drug-likeness (QED) is 0.501. The molecular weight excluding hydrogens is 364 g/mol. The fraction of sp³-hybridized carbons (Fsp3) is 0.158. The highest BCUT2D eigenvalue weighted by Crippen LogP contribution is 2.29. The van der Waals surface area contributed by atoms with Gasteiger partial charge in [-0.2, -0.15) is 5.10 Å². The van der Waals surface area contributed by atoms with Crippen LogP contribution < -0.4 is 15.0 Å². The fourth-order valence-corrected chi connectivity index (χ4v) is 2.64. The van der Waals surface area contributed by atoms with E-state index in [2.05, 4.69) is 20.2 Å². The van der Waals surface area contributed by atoms with Crippen LogP contribution in [0.3, 0.4) is 0 Å². The van der Waals surface area contributed by atoms with Crippen molar-refractivity contribution >= 4 is 24.1 Å². The molecule has 1 aromatic heterocycles. The van der Waals surface area contributed by atoms with Gasteiger partial charge >= 0.3 is 0 Å². The molecule has 0 amide bonds. The third kappa shape index (κ3) is 4.29. The lowest BCUT2D eigenvalue weighted by molar-refractivity contribution is 0.311. The van der Waals surface area contributed by atoms with E-state index in [0.29, 0.717) is 29.4 Å². The van der Waals surface area contributed by atoms with Gasteiger partial charge in [0.2, 0.25) is 0 Å². The van der Waals surface area contributed by atoms with E-state index in [1.165, 1.54) is 0 Å². The van der Waals surface area contributed by atoms with Gasteiger partial charge in [-0.25, -0.2) is 0 Å². The molecule has 0 saturated carbocycles. The zero-order chi connectivity index (χ0) is 19.2. The van der Waals surface area contributed by atoms with E-state index in [0.717, 1.165) is 5.56 Å². The van der Waals surface area contributed by atoms with Crippen molar-refractivity contribution in [1.29, 1.82) is 0 Å². The molecule has 8 heteroatoms. The third-order valence-corrected chi connectivity index (χ3v) is 3.90. The normalized spacial score (nSPS) is 10.9. The van der Waals surface area contributed by atoms with Crippen LogP contribution in [0.25, 0.3) is 11.3 Å². The lowest BCUT2D eigenvalue weighted by Crippen LogP contribution is -2.12. The molecule has 2 aromatic carbocycles. The van der Waals surface area contributed by atoms with E-state index in [1.54, 1.807) is 25.5 Å². The first-order chi connectivity index (χ1) is 13.1. The summed E-state index contributed by atoms with van der Waals surface area (Å²) in [5.41, 5.74) is 1.89. The van der Waals surface area contributed by atoms with Crippen molar-refractivity contribution in [2.75, 3.05) is 13.7 Å². The summed E-state index contributed by atoms with van der Waals surface area (Å²) in [5, 5.41) is 6.64. The van der Waals surface area contributed by atoms with Crippen LogP contribution in [0, 0.1) is 4.77 Å². The number of ether oxygens (including phenoxy) is 2. The van der Waals surface area contributed by atoms with Gasteiger partial charge in [-0.1, -0.05) is 18.2 Å². The molecule has 0 radical (unpaired) electrons. The Morgan fingerprint density at radius 2 is 2.04 bits per heavy atom. The Morgan fingerprint density at radius 1 is 1.22 bits per heavy atom. The maximum Gasteiger partial charge on any atom is 0.278 e. The highest BCUT2D eigenvalue weighted by molar-refractivity contribution is 7.71. The van der Waals surface area contributed by atoms with Crippen LogP contribution in [0.1, 0.15) is 12.5 Å². The molecule has 0 bridgehead atoms. The van der Waals surface area contributed by atoms with Gasteiger partial charge in [0.05, 0.1) is 19.4 Å². The van der Waals surface area contributed by atoms with Crippen LogP contribution in [0.2, 0.25) is 0 Å². The molecule has 0 aliphatic rings. The van der Waals surface area contributed by atoms with E-state index in [-0.39, 0.29) is 16.0 Å². The molecule has 0 saturated heterocycles. The number of rotatable bonds is 6. The average molecular weight is 382 g/mol. The molecule has 1 heterocycles. The second-order valence-electron chi connectivity index (χ2n) is 5.47. The van der Waals surface area contributed by atoms with Gasteiger partial charge in [0.1, 0.15) is 0 Å². The predicted octanol–water partition coefficient (Wildman–Crippen LogP) is 3.65. The number of aliphatic imine (C=N–C) groups is 1. The van der Waals surface area contributed by atoms with Crippen LogP contribution in [0.15, 0.2) is 52.3 Å². The molecule has 0 atom stereocenters. The van der Waals surface area contributed by atoms with E-state index >= 15 is 0 Å². The van der Waals surface area contributed by atoms with Gasteiger partial charge in [-0.15, -0.1) is 0 Å². The topological polar surface area (TPSA) is 92.4 Å². The third-order valence-electron chi connectivity index (χ3n) is 3.71. The Balaban J connectivity index is 1.97. The maximum absolute atomic E-state index is 12.2. The number of nitrogens with one attached hydrogen (secondary N) is 2. The smallest absolute Gasteiger partial charge is 0.278 e. The molecular formula is C19H18N4O3S.